The molecule has 1 heterocycles. The number of aromatic carboxylic acids is 1. The summed E-state index contributed by atoms with van der Waals surface area (Å²) in [5.74, 6) is -1.88. The molecule has 166 valence electrons. The first-order valence-corrected chi connectivity index (χ1v) is 10.3. The molecule has 33 heavy (non-hydrogen) atoms. The quantitative estimate of drug-likeness (QED) is 0.406. The van der Waals surface area contributed by atoms with Crippen LogP contribution in [0.1, 0.15) is 27.9 Å². The Balaban J connectivity index is 1.55. The van der Waals surface area contributed by atoms with Crippen LogP contribution in [0.3, 0.4) is 0 Å². The van der Waals surface area contributed by atoms with E-state index in [9.17, 15) is 19.5 Å². The normalized spacial score (nSPS) is 14.7. The summed E-state index contributed by atoms with van der Waals surface area (Å²) in [6.45, 7) is 0.0646. The molecule has 8 heteroatoms. The van der Waals surface area contributed by atoms with Crippen LogP contribution in [0.4, 0.5) is 5.69 Å². The molecule has 0 aromatic heterocycles. The van der Waals surface area contributed by atoms with E-state index in [0.29, 0.717) is 33.2 Å². The van der Waals surface area contributed by atoms with Gasteiger partial charge in [-0.05, 0) is 48.0 Å². The first-order valence-electron chi connectivity index (χ1n) is 9.94. The van der Waals surface area contributed by atoms with E-state index in [1.165, 1.54) is 12.1 Å². The Labute approximate surface area is 194 Å². The largest absolute Gasteiger partial charge is 0.507 e. The van der Waals surface area contributed by atoms with Gasteiger partial charge in [0.05, 0.1) is 12.1 Å². The molecule has 0 unspecified atom stereocenters. The van der Waals surface area contributed by atoms with Crippen LogP contribution in [0.15, 0.2) is 72.3 Å². The van der Waals surface area contributed by atoms with E-state index in [4.69, 9.17) is 21.4 Å². The van der Waals surface area contributed by atoms with E-state index in [-0.39, 0.29) is 30.2 Å². The standard InChI is InChI=1S/C25H18ClNO6/c26-18-5-3-6-19(13-18)27-23(29)12-17(24(27)30)11-16-4-1-2-7-22(16)33-14-15-8-9-20(25(31)32)21(28)10-15/h1-11,13,28H,12,14H2,(H,31,32)/b17-11+. The van der Waals surface area contributed by atoms with Gasteiger partial charge >= 0.3 is 5.97 Å². The van der Waals surface area contributed by atoms with Gasteiger partial charge < -0.3 is 14.9 Å². The Morgan fingerprint density at radius 2 is 1.85 bits per heavy atom. The highest BCUT2D eigenvalue weighted by atomic mass is 35.5. The topological polar surface area (TPSA) is 104 Å². The summed E-state index contributed by atoms with van der Waals surface area (Å²) in [6.07, 6.45) is 1.56. The summed E-state index contributed by atoms with van der Waals surface area (Å²) in [5.41, 5.74) is 1.71. The molecule has 1 aliphatic rings. The first-order chi connectivity index (χ1) is 15.8. The van der Waals surface area contributed by atoms with Crippen molar-refractivity contribution >= 4 is 41.1 Å². The van der Waals surface area contributed by atoms with Crippen molar-refractivity contribution in [1.29, 1.82) is 0 Å². The number of phenols is 1. The minimum atomic E-state index is -1.22. The molecule has 1 aliphatic heterocycles. The number of imide groups is 1. The monoisotopic (exact) mass is 463 g/mol. The Morgan fingerprint density at radius 1 is 1.06 bits per heavy atom. The molecule has 1 saturated heterocycles. The van der Waals surface area contributed by atoms with Crippen molar-refractivity contribution in [2.75, 3.05) is 4.90 Å². The maximum Gasteiger partial charge on any atom is 0.339 e. The van der Waals surface area contributed by atoms with Gasteiger partial charge in [-0.1, -0.05) is 41.9 Å². The highest BCUT2D eigenvalue weighted by Crippen LogP contribution is 2.31. The molecule has 4 rings (SSSR count). The first kappa shape index (κ1) is 22.1. The fourth-order valence-corrected chi connectivity index (χ4v) is 3.68. The van der Waals surface area contributed by atoms with Crippen molar-refractivity contribution in [3.05, 3.63) is 94.0 Å². The van der Waals surface area contributed by atoms with Gasteiger partial charge in [-0.2, -0.15) is 0 Å². The predicted molar refractivity (Wildman–Crippen MR) is 122 cm³/mol. The number of halogens is 1. The van der Waals surface area contributed by atoms with E-state index in [1.807, 2.05) is 0 Å². The molecule has 3 aromatic carbocycles. The second-order valence-corrected chi connectivity index (χ2v) is 7.78. The summed E-state index contributed by atoms with van der Waals surface area (Å²) in [7, 11) is 0. The van der Waals surface area contributed by atoms with Gasteiger partial charge in [0.2, 0.25) is 5.91 Å². The molecule has 0 aliphatic carbocycles. The Morgan fingerprint density at radius 3 is 2.58 bits per heavy atom. The third-order valence-electron chi connectivity index (χ3n) is 5.07. The van der Waals surface area contributed by atoms with Crippen LogP contribution in [0.25, 0.3) is 6.08 Å². The Bertz CT molecular complexity index is 1300. The molecular formula is C25H18ClNO6. The predicted octanol–water partition coefficient (Wildman–Crippen LogP) is 4.67. The average Bonchev–Trinajstić information content (AvgIpc) is 3.05. The number of rotatable bonds is 6. The second-order valence-electron chi connectivity index (χ2n) is 7.34. The summed E-state index contributed by atoms with van der Waals surface area (Å²) < 4.78 is 5.85. The van der Waals surface area contributed by atoms with Crippen LogP contribution in [0.5, 0.6) is 11.5 Å². The lowest BCUT2D eigenvalue weighted by Gasteiger charge is -2.13. The van der Waals surface area contributed by atoms with Gasteiger partial charge in [0.15, 0.2) is 0 Å². The van der Waals surface area contributed by atoms with Crippen molar-refractivity contribution in [2.45, 2.75) is 13.0 Å². The number of aromatic hydroxyl groups is 1. The molecule has 3 aromatic rings. The number of carboxylic acids is 1. The van der Waals surface area contributed by atoms with E-state index in [0.717, 1.165) is 4.90 Å². The number of carboxylic acid groups (broad SMARTS) is 1. The van der Waals surface area contributed by atoms with Crippen LogP contribution in [0, 0.1) is 0 Å². The Kier molecular flexibility index (Phi) is 6.15. The van der Waals surface area contributed by atoms with Gasteiger partial charge in [0, 0.05) is 16.2 Å². The van der Waals surface area contributed by atoms with Crippen molar-refractivity contribution < 1.29 is 29.3 Å². The van der Waals surface area contributed by atoms with Crippen LogP contribution >= 0.6 is 11.6 Å². The number of ether oxygens (including phenoxy) is 1. The zero-order valence-electron chi connectivity index (χ0n) is 17.2. The third kappa shape index (κ3) is 4.73. The summed E-state index contributed by atoms with van der Waals surface area (Å²) in [6, 6.07) is 17.7. The number of para-hydroxylation sites is 1. The van der Waals surface area contributed by atoms with Gasteiger partial charge in [-0.3, -0.25) is 9.59 Å². The van der Waals surface area contributed by atoms with Crippen LogP contribution in [0.2, 0.25) is 5.02 Å². The van der Waals surface area contributed by atoms with Crippen LogP contribution in [-0.2, 0) is 16.2 Å². The van der Waals surface area contributed by atoms with Gasteiger partial charge in [0.25, 0.3) is 5.91 Å². The number of anilines is 1. The molecule has 0 atom stereocenters. The third-order valence-corrected chi connectivity index (χ3v) is 5.31. The zero-order chi connectivity index (χ0) is 23.5. The summed E-state index contributed by atoms with van der Waals surface area (Å²) >= 11 is 6.00. The fraction of sp³-hybridized carbons (Fsp3) is 0.0800. The molecule has 0 radical (unpaired) electrons. The Hall–Kier alpha value is -4.10. The molecule has 2 N–H and O–H groups in total. The van der Waals surface area contributed by atoms with Crippen LogP contribution < -0.4 is 9.64 Å². The molecule has 2 amide bonds. The van der Waals surface area contributed by atoms with Crippen LogP contribution in [-0.4, -0.2) is 28.0 Å². The molecule has 1 fully saturated rings. The number of carbonyl (C=O) groups is 3. The number of nitrogens with zero attached hydrogens (tertiary/aromatic N) is 1. The lowest BCUT2D eigenvalue weighted by atomic mass is 10.1. The van der Waals surface area contributed by atoms with Crippen molar-refractivity contribution in [3.8, 4) is 11.5 Å². The summed E-state index contributed by atoms with van der Waals surface area (Å²) in [4.78, 5) is 37.6. The number of hydrogen-bond acceptors (Lipinski definition) is 5. The highest BCUT2D eigenvalue weighted by Gasteiger charge is 2.35. The molecule has 0 spiro atoms. The minimum absolute atomic E-state index is 0.0514. The number of amides is 2. The van der Waals surface area contributed by atoms with Gasteiger partial charge in [-0.15, -0.1) is 0 Å². The molecular weight excluding hydrogens is 446 g/mol. The van der Waals surface area contributed by atoms with Crippen molar-refractivity contribution in [2.24, 2.45) is 0 Å². The van der Waals surface area contributed by atoms with E-state index < -0.39 is 11.9 Å². The van der Waals surface area contributed by atoms with Gasteiger partial charge in [-0.25, -0.2) is 9.69 Å². The lowest BCUT2D eigenvalue weighted by Crippen LogP contribution is -2.28. The molecule has 0 saturated carbocycles. The van der Waals surface area contributed by atoms with Gasteiger partial charge in [0.1, 0.15) is 23.7 Å². The maximum absolute atomic E-state index is 12.9. The van der Waals surface area contributed by atoms with Crippen molar-refractivity contribution in [1.82, 2.24) is 0 Å². The van der Waals surface area contributed by atoms with E-state index in [2.05, 4.69) is 0 Å². The SMILES string of the molecule is O=C(O)c1ccc(COc2ccccc2/C=C2\CC(=O)N(c3cccc(Cl)c3)C2=O)cc1O. The van der Waals surface area contributed by atoms with E-state index >= 15 is 0 Å². The lowest BCUT2D eigenvalue weighted by molar-refractivity contribution is -0.120. The smallest absolute Gasteiger partial charge is 0.339 e. The van der Waals surface area contributed by atoms with E-state index in [1.54, 1.807) is 60.7 Å². The highest BCUT2D eigenvalue weighted by molar-refractivity contribution is 6.32. The summed E-state index contributed by atoms with van der Waals surface area (Å²) in [5, 5.41) is 19.3. The maximum atomic E-state index is 12.9. The second kappa shape index (κ2) is 9.18. The molecule has 0 bridgehead atoms. The minimum Gasteiger partial charge on any atom is -0.507 e. The fourth-order valence-electron chi connectivity index (χ4n) is 3.49. The number of carbonyl (C=O) groups excluding carboxylic acids is 2. The van der Waals surface area contributed by atoms with Crippen molar-refractivity contribution in [3.63, 3.8) is 0 Å². The average molecular weight is 464 g/mol. The zero-order valence-corrected chi connectivity index (χ0v) is 18.0. The molecule has 7 nitrogen and oxygen atoms in total. The number of hydrogen-bond donors (Lipinski definition) is 2. The number of benzene rings is 3.